The molecule has 3 rings (SSSR count). The van der Waals surface area contributed by atoms with Crippen molar-refractivity contribution in [3.8, 4) is 16.3 Å². The molecule has 0 aliphatic heterocycles. The van der Waals surface area contributed by atoms with Crippen LogP contribution in [0.5, 0.6) is 5.75 Å². The lowest BCUT2D eigenvalue weighted by atomic mass is 10.1. The Hall–Kier alpha value is -2.55. The molecule has 0 bridgehead atoms. The number of rotatable bonds is 12. The minimum Gasteiger partial charge on any atom is -0.493 e. The monoisotopic (exact) mass is 599 g/mol. The minimum atomic E-state index is -4.80. The van der Waals surface area contributed by atoms with Crippen LogP contribution >= 0.6 is 19.2 Å². The van der Waals surface area contributed by atoms with Crippen LogP contribution in [-0.2, 0) is 27.2 Å². The Morgan fingerprint density at radius 1 is 1.00 bits per heavy atom. The molecule has 0 amide bonds. The van der Waals surface area contributed by atoms with Crippen molar-refractivity contribution in [1.82, 2.24) is 10.2 Å². The first-order valence-electron chi connectivity index (χ1n) is 11.4. The minimum absolute atomic E-state index is 0.00821. The summed E-state index contributed by atoms with van der Waals surface area (Å²) in [5, 5.41) is 7.84. The Kier molecular flexibility index (Phi) is 9.78. The van der Waals surface area contributed by atoms with Crippen molar-refractivity contribution in [3.63, 3.8) is 0 Å². The maximum Gasteiger partial charge on any atom is 0.469 e. The highest BCUT2D eigenvalue weighted by Gasteiger charge is 2.35. The van der Waals surface area contributed by atoms with Crippen molar-refractivity contribution in [2.24, 2.45) is 5.73 Å². The van der Waals surface area contributed by atoms with Gasteiger partial charge in [0.15, 0.2) is 11.6 Å². The maximum absolute atomic E-state index is 13.8. The third-order valence-corrected chi connectivity index (χ3v) is 7.13. The molecule has 0 spiro atoms. The van der Waals surface area contributed by atoms with Gasteiger partial charge in [-0.3, -0.25) is 4.52 Å². The third kappa shape index (κ3) is 8.72. The molecule has 39 heavy (non-hydrogen) atoms. The molecule has 1 atom stereocenters. The van der Waals surface area contributed by atoms with E-state index in [1.807, 2.05) is 0 Å². The van der Waals surface area contributed by atoms with Gasteiger partial charge in [-0.15, -0.1) is 10.2 Å². The number of halogens is 6. The van der Waals surface area contributed by atoms with Crippen LogP contribution in [0.15, 0.2) is 30.3 Å². The fourth-order valence-corrected chi connectivity index (χ4v) is 4.71. The fraction of sp³-hybridized carbons (Fsp3) is 0.391. The van der Waals surface area contributed by atoms with Crippen LogP contribution in [0.1, 0.15) is 42.3 Å². The molecular weight excluding hydrogens is 575 g/mol. The maximum atomic E-state index is 13.8. The molecule has 2 aromatic carbocycles. The quantitative estimate of drug-likeness (QED) is 0.105. The summed E-state index contributed by atoms with van der Waals surface area (Å²) in [5.74, 6) is -3.73. The molecule has 0 radical (unpaired) electrons. The largest absolute Gasteiger partial charge is 0.493 e. The predicted octanol–water partition coefficient (Wildman–Crippen LogP) is 5.72. The van der Waals surface area contributed by atoms with E-state index in [4.69, 9.17) is 20.3 Å². The Bertz CT molecular complexity index is 1350. The number of aromatic nitrogens is 2. The average Bonchev–Trinajstić information content (AvgIpc) is 3.33. The van der Waals surface area contributed by atoms with Gasteiger partial charge in [0.05, 0.1) is 24.3 Å². The number of alkyl halides is 3. The highest BCUT2D eigenvalue weighted by molar-refractivity contribution is 7.46. The number of nitrogens with zero attached hydrogens (tertiary/aromatic N) is 2. The van der Waals surface area contributed by atoms with Gasteiger partial charge in [-0.05, 0) is 62.4 Å². The molecule has 214 valence electrons. The number of nitrogens with two attached hydrogens (primary N) is 1. The molecule has 1 heterocycles. The lowest BCUT2D eigenvalue weighted by molar-refractivity contribution is -0.138. The molecule has 1 aromatic heterocycles. The number of phosphoric acid groups is 1. The van der Waals surface area contributed by atoms with Gasteiger partial charge in [-0.25, -0.2) is 17.7 Å². The Balaban J connectivity index is 1.63. The Morgan fingerprint density at radius 2 is 1.69 bits per heavy atom. The lowest BCUT2D eigenvalue weighted by Crippen LogP contribution is -2.37. The first-order chi connectivity index (χ1) is 18.1. The van der Waals surface area contributed by atoms with Crippen LogP contribution in [0.2, 0.25) is 0 Å². The smallest absolute Gasteiger partial charge is 0.469 e. The van der Waals surface area contributed by atoms with Crippen molar-refractivity contribution >= 4 is 19.2 Å². The average molecular weight is 599 g/mol. The third-order valence-electron chi connectivity index (χ3n) is 5.42. The Labute approximate surface area is 223 Å². The standard InChI is InChI=1S/C23H24F6N3O5PS/c1-22(30,12-37-38(33,34)35)21-32-31-20(39-21)14-6-7-19(15(9-14)23(27,28)29)36-8-4-2-3-5-13-10-17(25)18(26)11-16(13)24/h6-7,9-11H,2-5,8,12,30H2,1H3,(H2,33,34,35)/t22-/m0/s1. The van der Waals surface area contributed by atoms with Crippen LogP contribution in [0.25, 0.3) is 10.6 Å². The second kappa shape index (κ2) is 12.3. The molecule has 0 saturated heterocycles. The molecule has 4 N–H and O–H groups in total. The number of phosphoric ester groups is 1. The zero-order chi connectivity index (χ0) is 29.0. The van der Waals surface area contributed by atoms with E-state index in [-0.39, 0.29) is 34.2 Å². The summed E-state index contributed by atoms with van der Waals surface area (Å²) in [6.45, 7) is 0.693. The van der Waals surface area contributed by atoms with Crippen molar-refractivity contribution < 1.29 is 50.0 Å². The van der Waals surface area contributed by atoms with Crippen LogP contribution in [-0.4, -0.2) is 33.2 Å². The van der Waals surface area contributed by atoms with Gasteiger partial charge in [0, 0.05) is 11.6 Å². The molecule has 0 aliphatic rings. The van der Waals surface area contributed by atoms with E-state index in [1.54, 1.807) is 0 Å². The fourth-order valence-electron chi connectivity index (χ4n) is 3.39. The van der Waals surface area contributed by atoms with Crippen LogP contribution < -0.4 is 10.5 Å². The molecular formula is C23H24F6N3O5PS. The summed E-state index contributed by atoms with van der Waals surface area (Å²) in [6, 6.07) is 4.57. The Morgan fingerprint density at radius 3 is 2.36 bits per heavy atom. The van der Waals surface area contributed by atoms with Gasteiger partial charge in [0.2, 0.25) is 0 Å². The molecule has 8 nitrogen and oxygen atoms in total. The summed E-state index contributed by atoms with van der Waals surface area (Å²) in [6.07, 6.45) is -3.48. The van der Waals surface area contributed by atoms with Crippen molar-refractivity contribution in [1.29, 1.82) is 0 Å². The van der Waals surface area contributed by atoms with E-state index in [1.165, 1.54) is 13.0 Å². The van der Waals surface area contributed by atoms with E-state index >= 15 is 0 Å². The van der Waals surface area contributed by atoms with E-state index in [2.05, 4.69) is 14.7 Å². The van der Waals surface area contributed by atoms with E-state index in [9.17, 15) is 30.9 Å². The summed E-state index contributed by atoms with van der Waals surface area (Å²) >= 11 is 0.837. The second-order valence-corrected chi connectivity index (χ2v) is 11.0. The topological polar surface area (TPSA) is 128 Å². The van der Waals surface area contributed by atoms with Crippen LogP contribution in [0, 0.1) is 17.5 Å². The van der Waals surface area contributed by atoms with Crippen LogP contribution in [0.3, 0.4) is 0 Å². The molecule has 0 fully saturated rings. The molecule has 16 heteroatoms. The highest BCUT2D eigenvalue weighted by Crippen LogP contribution is 2.41. The summed E-state index contributed by atoms with van der Waals surface area (Å²) in [5.41, 5.74) is 3.54. The molecule has 3 aromatic rings. The molecule has 0 aliphatic carbocycles. The normalized spacial score (nSPS) is 13.9. The van der Waals surface area contributed by atoms with Crippen molar-refractivity contribution in [2.75, 3.05) is 13.2 Å². The zero-order valence-corrected chi connectivity index (χ0v) is 22.1. The van der Waals surface area contributed by atoms with Crippen molar-refractivity contribution in [3.05, 3.63) is 63.9 Å². The van der Waals surface area contributed by atoms with E-state index in [0.717, 1.165) is 29.5 Å². The molecule has 0 unspecified atom stereocenters. The SMILES string of the molecule is C[C@](N)(COP(=O)(O)O)c1nnc(-c2ccc(OCCCCCc3cc(F)c(F)cc3F)c(C(F)(F)F)c2)s1. The first kappa shape index (κ1) is 31.0. The first-order valence-corrected chi connectivity index (χ1v) is 13.7. The van der Waals surface area contributed by atoms with Crippen molar-refractivity contribution in [2.45, 2.75) is 44.3 Å². The van der Waals surface area contributed by atoms with Gasteiger partial charge in [0.25, 0.3) is 0 Å². The summed E-state index contributed by atoms with van der Waals surface area (Å²) < 4.78 is 102. The highest BCUT2D eigenvalue weighted by atomic mass is 32.1. The summed E-state index contributed by atoms with van der Waals surface area (Å²) in [7, 11) is -4.80. The number of hydrogen-bond donors (Lipinski definition) is 3. The van der Waals surface area contributed by atoms with E-state index in [0.29, 0.717) is 25.3 Å². The van der Waals surface area contributed by atoms with Crippen LogP contribution in [0.4, 0.5) is 26.3 Å². The second-order valence-electron chi connectivity index (χ2n) is 8.82. The number of ether oxygens (including phenoxy) is 1. The number of benzene rings is 2. The van der Waals surface area contributed by atoms with Gasteiger partial charge in [-0.1, -0.05) is 11.3 Å². The number of unbranched alkanes of at least 4 members (excludes halogenated alkanes) is 2. The number of hydrogen-bond acceptors (Lipinski definition) is 7. The number of aryl methyl sites for hydroxylation is 1. The predicted molar refractivity (Wildman–Crippen MR) is 129 cm³/mol. The summed E-state index contributed by atoms with van der Waals surface area (Å²) in [4.78, 5) is 17.7. The zero-order valence-electron chi connectivity index (χ0n) is 20.3. The lowest BCUT2D eigenvalue weighted by Gasteiger charge is -2.21. The van der Waals surface area contributed by atoms with Gasteiger partial charge >= 0.3 is 14.0 Å². The van der Waals surface area contributed by atoms with Gasteiger partial charge in [-0.2, -0.15) is 13.2 Å². The van der Waals surface area contributed by atoms with Gasteiger partial charge in [0.1, 0.15) is 21.6 Å². The molecule has 0 saturated carbocycles. The van der Waals surface area contributed by atoms with E-state index < -0.39 is 54.9 Å². The van der Waals surface area contributed by atoms with Gasteiger partial charge < -0.3 is 20.3 Å².